The van der Waals surface area contributed by atoms with Gasteiger partial charge in [0.2, 0.25) is 11.8 Å². The Kier molecular flexibility index (Phi) is 3.79. The average Bonchev–Trinajstić information content (AvgIpc) is 2.70. The summed E-state index contributed by atoms with van der Waals surface area (Å²) in [6, 6.07) is 0. The molecule has 7 nitrogen and oxygen atoms in total. The van der Waals surface area contributed by atoms with E-state index >= 15 is 0 Å². The Labute approximate surface area is 113 Å². The van der Waals surface area contributed by atoms with Crippen molar-refractivity contribution in [3.05, 3.63) is 10.6 Å². The van der Waals surface area contributed by atoms with Crippen LogP contribution >= 0.6 is 11.3 Å². The minimum Gasteiger partial charge on any atom is -0.461 e. The van der Waals surface area contributed by atoms with Crippen LogP contribution < -0.4 is 10.2 Å². The lowest BCUT2D eigenvalue weighted by Crippen LogP contribution is -2.51. The molecule has 1 N–H and O–H groups in total. The molecule has 1 fully saturated rings. The van der Waals surface area contributed by atoms with Crippen molar-refractivity contribution < 1.29 is 19.1 Å². The summed E-state index contributed by atoms with van der Waals surface area (Å²) < 4.78 is 4.89. The zero-order chi connectivity index (χ0) is 14.0. The largest absolute Gasteiger partial charge is 0.461 e. The van der Waals surface area contributed by atoms with Gasteiger partial charge in [0.15, 0.2) is 10.8 Å². The maximum atomic E-state index is 11.6. The number of nitrogens with one attached hydrogen (secondary N) is 1. The summed E-state index contributed by atoms with van der Waals surface area (Å²) in [5.41, 5.74) is 0.236. The summed E-state index contributed by atoms with van der Waals surface area (Å²) >= 11 is 1.26. The molecule has 0 spiro atoms. The number of aromatic nitrogens is 1. The Bertz CT molecular complexity index is 524. The third-order valence-electron chi connectivity index (χ3n) is 2.47. The maximum Gasteiger partial charge on any atom is 0.358 e. The van der Waals surface area contributed by atoms with Gasteiger partial charge in [-0.1, -0.05) is 0 Å². The molecule has 2 heterocycles. The topological polar surface area (TPSA) is 88.6 Å². The van der Waals surface area contributed by atoms with Gasteiger partial charge in [0.1, 0.15) is 13.1 Å². The van der Waals surface area contributed by atoms with Crippen LogP contribution in [-0.2, 0) is 14.3 Å². The quantitative estimate of drug-likeness (QED) is 0.625. The van der Waals surface area contributed by atoms with E-state index in [2.05, 4.69) is 10.3 Å². The summed E-state index contributed by atoms with van der Waals surface area (Å²) in [4.78, 5) is 40.6. The molecular weight excluding hydrogens is 270 g/mol. The Hall–Kier alpha value is -1.96. The number of ether oxygens (including phenoxy) is 1. The van der Waals surface area contributed by atoms with E-state index in [1.807, 2.05) is 0 Å². The number of hydrogen-bond donors (Lipinski definition) is 1. The van der Waals surface area contributed by atoms with E-state index in [0.717, 1.165) is 0 Å². The third kappa shape index (κ3) is 2.90. The van der Waals surface area contributed by atoms with Crippen LogP contribution in [0.2, 0.25) is 0 Å². The number of piperazine rings is 1. The number of amides is 2. The molecule has 0 bridgehead atoms. The number of imide groups is 1. The van der Waals surface area contributed by atoms with E-state index in [9.17, 15) is 14.4 Å². The van der Waals surface area contributed by atoms with Gasteiger partial charge in [-0.15, -0.1) is 11.3 Å². The van der Waals surface area contributed by atoms with Crippen molar-refractivity contribution in [3.63, 3.8) is 0 Å². The molecule has 1 aliphatic rings. The lowest BCUT2D eigenvalue weighted by atomic mass is 10.3. The van der Waals surface area contributed by atoms with Crippen LogP contribution in [0.4, 0.5) is 5.13 Å². The van der Waals surface area contributed by atoms with Crippen LogP contribution in [0.15, 0.2) is 0 Å². The van der Waals surface area contributed by atoms with Gasteiger partial charge in [-0.25, -0.2) is 9.78 Å². The minimum atomic E-state index is -0.490. The van der Waals surface area contributed by atoms with E-state index in [4.69, 9.17) is 4.74 Å². The molecule has 1 aliphatic heterocycles. The first-order chi connectivity index (χ1) is 9.01. The standard InChI is InChI=1S/C11H13N3O4S/c1-3-18-10(17)9-6(2)19-11(13-9)14-4-7(15)12-8(16)5-14/h3-5H2,1-2H3,(H,12,15,16). The number of nitrogens with zero attached hydrogens (tertiary/aromatic N) is 2. The Balaban J connectivity index is 2.22. The highest BCUT2D eigenvalue weighted by molar-refractivity contribution is 7.15. The van der Waals surface area contributed by atoms with Crippen LogP contribution in [0.1, 0.15) is 22.3 Å². The maximum absolute atomic E-state index is 11.6. The molecule has 0 aromatic carbocycles. The smallest absolute Gasteiger partial charge is 0.358 e. The van der Waals surface area contributed by atoms with Gasteiger partial charge in [-0.3, -0.25) is 14.9 Å². The van der Waals surface area contributed by atoms with Gasteiger partial charge >= 0.3 is 5.97 Å². The van der Waals surface area contributed by atoms with E-state index in [-0.39, 0.29) is 37.2 Å². The molecule has 1 saturated heterocycles. The minimum absolute atomic E-state index is 0.0565. The van der Waals surface area contributed by atoms with Crippen LogP contribution in [0.3, 0.4) is 0 Å². The molecule has 8 heteroatoms. The fourth-order valence-electron chi connectivity index (χ4n) is 1.68. The fourth-order valence-corrected chi connectivity index (χ4v) is 2.57. The van der Waals surface area contributed by atoms with Crippen molar-refractivity contribution >= 4 is 34.3 Å². The van der Waals surface area contributed by atoms with Crippen molar-refractivity contribution in [2.45, 2.75) is 13.8 Å². The number of carbonyl (C=O) groups is 3. The van der Waals surface area contributed by atoms with E-state index in [1.54, 1.807) is 18.7 Å². The molecule has 19 heavy (non-hydrogen) atoms. The molecule has 0 atom stereocenters. The second-order valence-electron chi connectivity index (χ2n) is 3.95. The lowest BCUT2D eigenvalue weighted by Gasteiger charge is -2.24. The first-order valence-electron chi connectivity index (χ1n) is 5.73. The monoisotopic (exact) mass is 283 g/mol. The first kappa shape index (κ1) is 13.5. The van der Waals surface area contributed by atoms with E-state index in [1.165, 1.54) is 11.3 Å². The molecule has 0 radical (unpaired) electrons. The third-order valence-corrected chi connectivity index (χ3v) is 3.50. The zero-order valence-corrected chi connectivity index (χ0v) is 11.4. The Morgan fingerprint density at radius 3 is 2.63 bits per heavy atom. The molecular formula is C11H13N3O4S. The fraction of sp³-hybridized carbons (Fsp3) is 0.455. The number of carbonyl (C=O) groups excluding carboxylic acids is 3. The molecule has 0 aliphatic carbocycles. The summed E-state index contributed by atoms with van der Waals surface area (Å²) in [6.07, 6.45) is 0. The second-order valence-corrected chi connectivity index (χ2v) is 5.13. The van der Waals surface area contributed by atoms with Crippen LogP contribution in [-0.4, -0.2) is 42.5 Å². The van der Waals surface area contributed by atoms with Gasteiger partial charge in [0.25, 0.3) is 0 Å². The molecule has 0 saturated carbocycles. The molecule has 0 unspecified atom stereocenters. The van der Waals surface area contributed by atoms with E-state index < -0.39 is 5.97 Å². The van der Waals surface area contributed by atoms with Crippen LogP contribution in [0.5, 0.6) is 0 Å². The Morgan fingerprint density at radius 2 is 2.05 bits per heavy atom. The normalized spacial score (nSPS) is 15.4. The van der Waals surface area contributed by atoms with Crippen molar-refractivity contribution in [1.82, 2.24) is 10.3 Å². The van der Waals surface area contributed by atoms with Crippen LogP contribution in [0, 0.1) is 6.92 Å². The van der Waals surface area contributed by atoms with Crippen molar-refractivity contribution in [2.24, 2.45) is 0 Å². The van der Waals surface area contributed by atoms with Gasteiger partial charge in [-0.2, -0.15) is 0 Å². The van der Waals surface area contributed by atoms with Crippen molar-refractivity contribution in [1.29, 1.82) is 0 Å². The summed E-state index contributed by atoms with van der Waals surface area (Å²) in [5, 5.41) is 2.68. The predicted octanol–water partition coefficient (Wildman–Crippen LogP) is 0.0910. The highest BCUT2D eigenvalue weighted by Gasteiger charge is 2.26. The first-order valence-corrected chi connectivity index (χ1v) is 6.55. The van der Waals surface area contributed by atoms with Gasteiger partial charge in [-0.05, 0) is 13.8 Å². The van der Waals surface area contributed by atoms with Crippen molar-refractivity contribution in [3.8, 4) is 0 Å². The summed E-state index contributed by atoms with van der Waals surface area (Å²) in [5.74, 6) is -1.24. The lowest BCUT2D eigenvalue weighted by molar-refractivity contribution is -0.130. The SMILES string of the molecule is CCOC(=O)c1nc(N2CC(=O)NC(=O)C2)sc1C. The average molecular weight is 283 g/mol. The number of rotatable bonds is 3. The van der Waals surface area contributed by atoms with Gasteiger partial charge < -0.3 is 9.64 Å². The molecule has 2 amide bonds. The number of anilines is 1. The van der Waals surface area contributed by atoms with Crippen molar-refractivity contribution in [2.75, 3.05) is 24.6 Å². The Morgan fingerprint density at radius 1 is 1.42 bits per heavy atom. The number of hydrogen-bond acceptors (Lipinski definition) is 7. The van der Waals surface area contributed by atoms with Gasteiger partial charge in [0.05, 0.1) is 6.61 Å². The molecule has 1 aromatic heterocycles. The molecule has 2 rings (SSSR count). The molecule has 1 aromatic rings. The summed E-state index contributed by atoms with van der Waals surface area (Å²) in [6.45, 7) is 3.85. The van der Waals surface area contributed by atoms with Crippen LogP contribution in [0.25, 0.3) is 0 Å². The number of aryl methyl sites for hydroxylation is 1. The van der Waals surface area contributed by atoms with E-state index in [0.29, 0.717) is 10.0 Å². The van der Waals surface area contributed by atoms with Gasteiger partial charge in [0, 0.05) is 4.88 Å². The zero-order valence-electron chi connectivity index (χ0n) is 10.6. The second kappa shape index (κ2) is 5.35. The molecule has 102 valence electrons. The number of thiazole rings is 1. The summed E-state index contributed by atoms with van der Waals surface area (Å²) in [7, 11) is 0. The predicted molar refractivity (Wildman–Crippen MR) is 68.2 cm³/mol. The highest BCUT2D eigenvalue weighted by Crippen LogP contribution is 2.26. The number of esters is 1. The highest BCUT2D eigenvalue weighted by atomic mass is 32.1.